The van der Waals surface area contributed by atoms with Gasteiger partial charge in [0.2, 0.25) is 0 Å². The first kappa shape index (κ1) is 72.4. The summed E-state index contributed by atoms with van der Waals surface area (Å²) >= 11 is 0. The van der Waals surface area contributed by atoms with Gasteiger partial charge >= 0.3 is 17.9 Å². The maximum absolute atomic E-state index is 12.9. The molecule has 0 aromatic heterocycles. The van der Waals surface area contributed by atoms with Gasteiger partial charge in [0.15, 0.2) is 6.10 Å². The molecule has 0 N–H and O–H groups in total. The Bertz CT molecular complexity index is 1300. The average molecular weight is 1050 g/mol. The van der Waals surface area contributed by atoms with Gasteiger partial charge in [-0.1, -0.05) is 301 Å². The van der Waals surface area contributed by atoms with E-state index in [1.54, 1.807) is 0 Å². The largest absolute Gasteiger partial charge is 0.462 e. The van der Waals surface area contributed by atoms with Crippen LogP contribution in [0.3, 0.4) is 0 Å². The minimum absolute atomic E-state index is 0.0720. The molecular formula is C69H126O6. The Morgan fingerprint density at radius 2 is 0.480 bits per heavy atom. The number of hydrogen-bond donors (Lipinski definition) is 0. The van der Waals surface area contributed by atoms with Crippen LogP contribution in [0.25, 0.3) is 0 Å². The van der Waals surface area contributed by atoms with Crippen molar-refractivity contribution in [1.29, 1.82) is 0 Å². The standard InChI is InChI=1S/C69H126O6/c1-4-7-10-13-16-19-22-25-28-30-32-33-34-35-36-37-38-40-41-44-47-50-53-56-59-62-68(71)74-65-66(64-73-67(70)61-58-55-52-49-46-43-27-24-21-18-15-12-9-6-3)75-69(72)63-60-57-54-51-48-45-42-39-31-29-26-23-20-17-14-11-8-5-2/h22,25,29-32,34-35,66H,4-21,23-24,26-28,33,36-65H2,1-3H3/b25-22-,31-29-,32-30-,35-34-. The predicted molar refractivity (Wildman–Crippen MR) is 325 cm³/mol. The first-order chi connectivity index (χ1) is 37.0. The number of hydrogen-bond acceptors (Lipinski definition) is 6. The van der Waals surface area contributed by atoms with E-state index in [1.807, 2.05) is 0 Å². The van der Waals surface area contributed by atoms with E-state index in [2.05, 4.69) is 69.4 Å². The second-order valence-corrected chi connectivity index (χ2v) is 22.4. The molecule has 6 heteroatoms. The van der Waals surface area contributed by atoms with E-state index in [0.717, 1.165) is 70.6 Å². The zero-order valence-electron chi connectivity index (χ0n) is 50.3. The summed E-state index contributed by atoms with van der Waals surface area (Å²) in [6, 6.07) is 0. The van der Waals surface area contributed by atoms with E-state index in [1.165, 1.54) is 244 Å². The highest BCUT2D eigenvalue weighted by Gasteiger charge is 2.19. The second kappa shape index (κ2) is 63.9. The lowest BCUT2D eigenvalue weighted by Crippen LogP contribution is -2.30. The van der Waals surface area contributed by atoms with Gasteiger partial charge in [0.25, 0.3) is 0 Å². The SMILES string of the molecule is CCCCCCC/C=C\C/C=C\C/C=C\CCCCCCCCCCCCC(=O)OCC(COC(=O)CCCCCCCCCCCCCCCC)OC(=O)CCCCCCCCC/C=C\CCCCCCCCC. The monoisotopic (exact) mass is 1050 g/mol. The van der Waals surface area contributed by atoms with Gasteiger partial charge in [-0.25, -0.2) is 0 Å². The molecule has 1 atom stereocenters. The van der Waals surface area contributed by atoms with Gasteiger partial charge < -0.3 is 14.2 Å². The van der Waals surface area contributed by atoms with Crippen molar-refractivity contribution in [1.82, 2.24) is 0 Å². The summed E-state index contributed by atoms with van der Waals surface area (Å²) in [5, 5.41) is 0. The third-order valence-corrected chi connectivity index (χ3v) is 14.8. The summed E-state index contributed by atoms with van der Waals surface area (Å²) in [6.45, 7) is 6.67. The summed E-state index contributed by atoms with van der Waals surface area (Å²) in [4.78, 5) is 38.3. The molecule has 0 fully saturated rings. The van der Waals surface area contributed by atoms with Crippen molar-refractivity contribution in [2.24, 2.45) is 0 Å². The maximum atomic E-state index is 12.9. The van der Waals surface area contributed by atoms with Crippen LogP contribution in [0, 0.1) is 0 Å². The van der Waals surface area contributed by atoms with E-state index in [4.69, 9.17) is 14.2 Å². The van der Waals surface area contributed by atoms with Crippen molar-refractivity contribution in [3.63, 3.8) is 0 Å². The molecule has 75 heavy (non-hydrogen) atoms. The molecule has 0 amide bonds. The minimum Gasteiger partial charge on any atom is -0.462 e. The quantitative estimate of drug-likeness (QED) is 0.0261. The summed E-state index contributed by atoms with van der Waals surface area (Å²) in [5.41, 5.74) is 0. The smallest absolute Gasteiger partial charge is 0.306 e. The molecule has 0 aromatic rings. The van der Waals surface area contributed by atoms with Gasteiger partial charge in [-0.05, 0) is 83.5 Å². The molecule has 0 saturated heterocycles. The molecule has 438 valence electrons. The van der Waals surface area contributed by atoms with Crippen LogP contribution in [0.5, 0.6) is 0 Å². The lowest BCUT2D eigenvalue weighted by atomic mass is 10.0. The Hall–Kier alpha value is -2.63. The van der Waals surface area contributed by atoms with Crippen LogP contribution in [0.1, 0.15) is 355 Å². The lowest BCUT2D eigenvalue weighted by Gasteiger charge is -2.18. The minimum atomic E-state index is -0.776. The van der Waals surface area contributed by atoms with Crippen LogP contribution in [0.2, 0.25) is 0 Å². The Kier molecular flexibility index (Phi) is 61.7. The fourth-order valence-corrected chi connectivity index (χ4v) is 9.80. The maximum Gasteiger partial charge on any atom is 0.306 e. The fourth-order valence-electron chi connectivity index (χ4n) is 9.80. The highest BCUT2D eigenvalue weighted by atomic mass is 16.6. The van der Waals surface area contributed by atoms with Gasteiger partial charge in [0.05, 0.1) is 0 Å². The second-order valence-electron chi connectivity index (χ2n) is 22.4. The number of allylic oxidation sites excluding steroid dienone is 8. The molecular weight excluding hydrogens is 925 g/mol. The fraction of sp³-hybridized carbons (Fsp3) is 0.841. The molecule has 6 nitrogen and oxygen atoms in total. The van der Waals surface area contributed by atoms with Crippen LogP contribution in [-0.2, 0) is 28.6 Å². The van der Waals surface area contributed by atoms with E-state index in [0.29, 0.717) is 19.3 Å². The average Bonchev–Trinajstić information content (AvgIpc) is 3.41. The molecule has 0 aliphatic carbocycles. The van der Waals surface area contributed by atoms with Crippen LogP contribution >= 0.6 is 0 Å². The van der Waals surface area contributed by atoms with Crippen LogP contribution < -0.4 is 0 Å². The summed E-state index contributed by atoms with van der Waals surface area (Å²) in [7, 11) is 0. The number of carbonyl (C=O) groups is 3. The van der Waals surface area contributed by atoms with Crippen molar-refractivity contribution >= 4 is 17.9 Å². The molecule has 0 heterocycles. The molecule has 0 bridgehead atoms. The highest BCUT2D eigenvalue weighted by Crippen LogP contribution is 2.17. The molecule has 0 rings (SSSR count). The van der Waals surface area contributed by atoms with Crippen LogP contribution in [-0.4, -0.2) is 37.2 Å². The Labute approximate surface area is 467 Å². The van der Waals surface area contributed by atoms with Crippen molar-refractivity contribution in [2.75, 3.05) is 13.2 Å². The number of ether oxygens (including phenoxy) is 3. The van der Waals surface area contributed by atoms with E-state index in [9.17, 15) is 14.4 Å². The third-order valence-electron chi connectivity index (χ3n) is 14.8. The van der Waals surface area contributed by atoms with Crippen LogP contribution in [0.4, 0.5) is 0 Å². The Morgan fingerprint density at radius 3 is 0.760 bits per heavy atom. The first-order valence-electron chi connectivity index (χ1n) is 33.1. The van der Waals surface area contributed by atoms with Gasteiger partial charge in [-0.2, -0.15) is 0 Å². The van der Waals surface area contributed by atoms with E-state index < -0.39 is 6.10 Å². The number of esters is 3. The zero-order valence-corrected chi connectivity index (χ0v) is 50.3. The summed E-state index contributed by atoms with van der Waals surface area (Å²) in [5.74, 6) is -0.858. The van der Waals surface area contributed by atoms with E-state index in [-0.39, 0.29) is 31.1 Å². The van der Waals surface area contributed by atoms with Gasteiger partial charge in [-0.15, -0.1) is 0 Å². The molecule has 0 radical (unpaired) electrons. The van der Waals surface area contributed by atoms with E-state index >= 15 is 0 Å². The number of carbonyl (C=O) groups excluding carboxylic acids is 3. The van der Waals surface area contributed by atoms with Gasteiger partial charge in [0.1, 0.15) is 13.2 Å². The molecule has 0 spiro atoms. The third kappa shape index (κ3) is 62.1. The topological polar surface area (TPSA) is 78.9 Å². The van der Waals surface area contributed by atoms with Gasteiger partial charge in [-0.3, -0.25) is 14.4 Å². The summed E-state index contributed by atoms with van der Waals surface area (Å²) in [6.07, 6.45) is 79.7. The Balaban J connectivity index is 4.30. The molecule has 0 saturated carbocycles. The van der Waals surface area contributed by atoms with Crippen molar-refractivity contribution in [3.05, 3.63) is 48.6 Å². The highest BCUT2D eigenvalue weighted by molar-refractivity contribution is 5.71. The zero-order chi connectivity index (χ0) is 54.3. The van der Waals surface area contributed by atoms with Crippen molar-refractivity contribution < 1.29 is 28.6 Å². The Morgan fingerprint density at radius 1 is 0.267 bits per heavy atom. The van der Waals surface area contributed by atoms with Crippen molar-refractivity contribution in [2.45, 2.75) is 361 Å². The normalized spacial score (nSPS) is 12.3. The molecule has 1 unspecified atom stereocenters. The number of unbranched alkanes of at least 4 members (excludes halogenated alkanes) is 42. The first-order valence-corrected chi connectivity index (χ1v) is 33.1. The number of rotatable bonds is 61. The van der Waals surface area contributed by atoms with Crippen molar-refractivity contribution in [3.8, 4) is 0 Å². The summed E-state index contributed by atoms with van der Waals surface area (Å²) < 4.78 is 17.0. The molecule has 0 aromatic carbocycles. The molecule has 0 aliphatic heterocycles. The predicted octanol–water partition coefficient (Wildman–Crippen LogP) is 22.6. The molecule has 0 aliphatic rings. The lowest BCUT2D eigenvalue weighted by molar-refractivity contribution is -0.167. The van der Waals surface area contributed by atoms with Gasteiger partial charge in [0, 0.05) is 19.3 Å². The van der Waals surface area contributed by atoms with Crippen LogP contribution in [0.15, 0.2) is 48.6 Å².